The van der Waals surface area contributed by atoms with Crippen LogP contribution in [-0.2, 0) is 16.1 Å². The van der Waals surface area contributed by atoms with E-state index in [1.807, 2.05) is 22.6 Å². The smallest absolute Gasteiger partial charge is 0.242 e. The Bertz CT molecular complexity index is 431. The number of ether oxygens (including phenoxy) is 1. The average molecular weight is 279 g/mol. The molecule has 2 heterocycles. The quantitative estimate of drug-likeness (QED) is 0.747. The third kappa shape index (κ3) is 4.07. The maximum Gasteiger partial charge on any atom is 0.242 e. The Balaban J connectivity index is 1.82. The molecule has 0 radical (unpaired) electrons. The van der Waals surface area contributed by atoms with Gasteiger partial charge in [0.05, 0.1) is 0 Å². The number of aromatic nitrogens is 2. The van der Waals surface area contributed by atoms with Crippen molar-refractivity contribution >= 4 is 5.91 Å². The molecule has 0 N–H and O–H groups in total. The number of nitrogens with zero attached hydrogens (tertiary/aromatic N) is 3. The number of amides is 1. The highest BCUT2D eigenvalue weighted by molar-refractivity contribution is 5.76. The lowest BCUT2D eigenvalue weighted by Crippen LogP contribution is -2.41. The molecule has 0 spiro atoms. The minimum Gasteiger partial charge on any atom is -0.385 e. The number of carbonyl (C=O) groups is 1. The van der Waals surface area contributed by atoms with Crippen LogP contribution < -0.4 is 0 Å². The topological polar surface area (TPSA) is 47.4 Å². The second kappa shape index (κ2) is 7.43. The van der Waals surface area contributed by atoms with Gasteiger partial charge in [-0.3, -0.25) is 4.79 Å². The van der Waals surface area contributed by atoms with Crippen LogP contribution in [0.15, 0.2) is 12.4 Å². The number of aryl methyl sites for hydroxylation is 1. The molecule has 0 aromatic carbocycles. The number of rotatable bonds is 6. The predicted octanol–water partition coefficient (Wildman–Crippen LogP) is 1.86. The lowest BCUT2D eigenvalue weighted by atomic mass is 9.93. The first kappa shape index (κ1) is 15.0. The summed E-state index contributed by atoms with van der Waals surface area (Å²) in [4.78, 5) is 18.5. The largest absolute Gasteiger partial charge is 0.385 e. The maximum absolute atomic E-state index is 12.3. The highest BCUT2D eigenvalue weighted by Gasteiger charge is 2.23. The van der Waals surface area contributed by atoms with E-state index in [2.05, 4.69) is 4.98 Å². The van der Waals surface area contributed by atoms with Crippen LogP contribution in [0.4, 0.5) is 0 Å². The first-order valence-electron chi connectivity index (χ1n) is 7.45. The normalized spacial score (nSPS) is 19.3. The van der Waals surface area contributed by atoms with E-state index in [-0.39, 0.29) is 5.91 Å². The average Bonchev–Trinajstić information content (AvgIpc) is 2.85. The predicted molar refractivity (Wildman–Crippen MR) is 77.4 cm³/mol. The molecule has 1 atom stereocenters. The summed E-state index contributed by atoms with van der Waals surface area (Å²) in [7, 11) is 1.74. The van der Waals surface area contributed by atoms with Gasteiger partial charge in [0.25, 0.3) is 0 Å². The van der Waals surface area contributed by atoms with Gasteiger partial charge >= 0.3 is 0 Å². The Hall–Kier alpha value is -1.36. The first-order valence-corrected chi connectivity index (χ1v) is 7.45. The van der Waals surface area contributed by atoms with E-state index in [0.717, 1.165) is 44.8 Å². The van der Waals surface area contributed by atoms with Crippen molar-refractivity contribution in [1.29, 1.82) is 0 Å². The van der Waals surface area contributed by atoms with Gasteiger partial charge in [0.1, 0.15) is 12.4 Å². The lowest BCUT2D eigenvalue weighted by molar-refractivity contribution is -0.133. The molecule has 1 unspecified atom stereocenters. The third-order valence-corrected chi connectivity index (χ3v) is 4.06. The van der Waals surface area contributed by atoms with Gasteiger partial charge in [-0.05, 0) is 38.5 Å². The van der Waals surface area contributed by atoms with Crippen LogP contribution in [0.3, 0.4) is 0 Å². The van der Waals surface area contributed by atoms with E-state index in [1.165, 1.54) is 6.42 Å². The zero-order valence-corrected chi connectivity index (χ0v) is 12.5. The summed E-state index contributed by atoms with van der Waals surface area (Å²) in [6, 6.07) is 0. The second-order valence-corrected chi connectivity index (χ2v) is 5.59. The zero-order chi connectivity index (χ0) is 14.4. The van der Waals surface area contributed by atoms with Gasteiger partial charge in [-0.1, -0.05) is 0 Å². The second-order valence-electron chi connectivity index (χ2n) is 5.59. The van der Waals surface area contributed by atoms with E-state index in [4.69, 9.17) is 4.74 Å². The summed E-state index contributed by atoms with van der Waals surface area (Å²) in [5, 5.41) is 0. The molecule has 1 aromatic heterocycles. The highest BCUT2D eigenvalue weighted by atomic mass is 16.5. The van der Waals surface area contributed by atoms with Crippen LogP contribution in [0.25, 0.3) is 0 Å². The number of piperidine rings is 1. The molecular formula is C15H25N3O2. The molecule has 0 bridgehead atoms. The van der Waals surface area contributed by atoms with Gasteiger partial charge in [0.15, 0.2) is 0 Å². The summed E-state index contributed by atoms with van der Waals surface area (Å²) in [6.45, 7) is 4.95. The van der Waals surface area contributed by atoms with Crippen molar-refractivity contribution in [3.8, 4) is 0 Å². The van der Waals surface area contributed by atoms with Crippen molar-refractivity contribution in [2.24, 2.45) is 5.92 Å². The molecule has 1 aliphatic rings. The van der Waals surface area contributed by atoms with Gasteiger partial charge in [-0.2, -0.15) is 0 Å². The van der Waals surface area contributed by atoms with E-state index >= 15 is 0 Å². The van der Waals surface area contributed by atoms with Crippen molar-refractivity contribution < 1.29 is 9.53 Å². The van der Waals surface area contributed by atoms with E-state index in [9.17, 15) is 4.79 Å². The number of hydrogen-bond acceptors (Lipinski definition) is 3. The summed E-state index contributed by atoms with van der Waals surface area (Å²) in [5.74, 6) is 1.74. The third-order valence-electron chi connectivity index (χ3n) is 4.06. The van der Waals surface area contributed by atoms with Gasteiger partial charge in [-0.15, -0.1) is 0 Å². The van der Waals surface area contributed by atoms with Gasteiger partial charge in [0, 0.05) is 39.2 Å². The maximum atomic E-state index is 12.3. The van der Waals surface area contributed by atoms with Crippen LogP contribution in [0.5, 0.6) is 0 Å². The molecule has 2 rings (SSSR count). The number of likely N-dealkylation sites (tertiary alicyclic amines) is 1. The molecule has 1 aromatic rings. The van der Waals surface area contributed by atoms with Crippen molar-refractivity contribution in [3.63, 3.8) is 0 Å². The highest BCUT2D eigenvalue weighted by Crippen LogP contribution is 2.21. The minimum atomic E-state index is 0.211. The summed E-state index contributed by atoms with van der Waals surface area (Å²) in [5.41, 5.74) is 0. The lowest BCUT2D eigenvalue weighted by Gasteiger charge is -2.33. The van der Waals surface area contributed by atoms with E-state index in [1.54, 1.807) is 13.3 Å². The molecule has 1 aliphatic heterocycles. The summed E-state index contributed by atoms with van der Waals surface area (Å²) in [6.07, 6.45) is 8.20. The van der Waals surface area contributed by atoms with Crippen LogP contribution in [0.2, 0.25) is 0 Å². The van der Waals surface area contributed by atoms with Crippen LogP contribution in [0, 0.1) is 12.8 Å². The van der Waals surface area contributed by atoms with Crippen molar-refractivity contribution in [3.05, 3.63) is 18.2 Å². The standard InChI is InChI=1S/C15H25N3O2/c1-13-16-7-9-17(13)12-15(19)18-8-3-5-14(11-18)6-4-10-20-2/h7,9,14H,3-6,8,10-12H2,1-2H3. The van der Waals surface area contributed by atoms with Crippen LogP contribution in [-0.4, -0.2) is 47.2 Å². The molecule has 5 nitrogen and oxygen atoms in total. The summed E-state index contributed by atoms with van der Waals surface area (Å²) < 4.78 is 7.01. The molecule has 1 saturated heterocycles. The number of carbonyl (C=O) groups excluding carboxylic acids is 1. The molecule has 0 saturated carbocycles. The molecule has 0 aliphatic carbocycles. The Kier molecular flexibility index (Phi) is 5.59. The Morgan fingerprint density at radius 3 is 3.10 bits per heavy atom. The molecule has 112 valence electrons. The molecule has 1 fully saturated rings. The van der Waals surface area contributed by atoms with Gasteiger partial charge < -0.3 is 14.2 Å². The monoisotopic (exact) mass is 279 g/mol. The Morgan fingerprint density at radius 2 is 2.40 bits per heavy atom. The zero-order valence-electron chi connectivity index (χ0n) is 12.5. The summed E-state index contributed by atoms with van der Waals surface area (Å²) >= 11 is 0. The van der Waals surface area contributed by atoms with Crippen LogP contribution in [0.1, 0.15) is 31.5 Å². The fourth-order valence-electron chi connectivity index (χ4n) is 2.86. The van der Waals surface area contributed by atoms with Crippen LogP contribution >= 0.6 is 0 Å². The number of imidazole rings is 1. The van der Waals surface area contributed by atoms with Crippen molar-refractivity contribution in [2.45, 2.75) is 39.2 Å². The fourth-order valence-corrected chi connectivity index (χ4v) is 2.86. The number of methoxy groups -OCH3 is 1. The van der Waals surface area contributed by atoms with Crippen molar-refractivity contribution in [1.82, 2.24) is 14.5 Å². The molecule has 1 amide bonds. The fraction of sp³-hybridized carbons (Fsp3) is 0.733. The van der Waals surface area contributed by atoms with Gasteiger partial charge in [-0.25, -0.2) is 4.98 Å². The molecule has 5 heteroatoms. The molecular weight excluding hydrogens is 254 g/mol. The SMILES string of the molecule is COCCCC1CCCN(C(=O)Cn2ccnc2C)C1. The minimum absolute atomic E-state index is 0.211. The number of hydrogen-bond donors (Lipinski definition) is 0. The van der Waals surface area contributed by atoms with E-state index in [0.29, 0.717) is 12.5 Å². The van der Waals surface area contributed by atoms with Gasteiger partial charge in [0.2, 0.25) is 5.91 Å². The van der Waals surface area contributed by atoms with E-state index < -0.39 is 0 Å². The first-order chi connectivity index (χ1) is 9.70. The Labute approximate surface area is 120 Å². The molecule has 20 heavy (non-hydrogen) atoms. The Morgan fingerprint density at radius 1 is 1.55 bits per heavy atom. The van der Waals surface area contributed by atoms with Crippen molar-refractivity contribution in [2.75, 3.05) is 26.8 Å².